The van der Waals surface area contributed by atoms with Crippen LogP contribution in [0.3, 0.4) is 0 Å². The van der Waals surface area contributed by atoms with Crippen molar-refractivity contribution in [2.75, 3.05) is 19.8 Å². The summed E-state index contributed by atoms with van der Waals surface area (Å²) in [6, 6.07) is 0.770. The highest BCUT2D eigenvalue weighted by Gasteiger charge is 2.29. The fourth-order valence-electron chi connectivity index (χ4n) is 2.80. The largest absolute Gasteiger partial charge is 0.466 e. The summed E-state index contributed by atoms with van der Waals surface area (Å²) in [4.78, 5) is 11.9. The minimum atomic E-state index is -0.0232. The quantitative estimate of drug-likeness (QED) is 0.697. The fraction of sp³-hybridized carbons (Fsp3) is 0.938. The van der Waals surface area contributed by atoms with Crippen LogP contribution in [0.25, 0.3) is 0 Å². The molecule has 0 aromatic carbocycles. The van der Waals surface area contributed by atoms with Crippen molar-refractivity contribution in [2.24, 2.45) is 11.8 Å². The molecule has 0 spiro atoms. The molecule has 4 nitrogen and oxygen atoms in total. The van der Waals surface area contributed by atoms with E-state index in [1.807, 2.05) is 13.8 Å². The minimum Gasteiger partial charge on any atom is -0.466 e. The van der Waals surface area contributed by atoms with Crippen LogP contribution < -0.4 is 5.32 Å². The van der Waals surface area contributed by atoms with Crippen molar-refractivity contribution in [3.8, 4) is 0 Å². The van der Waals surface area contributed by atoms with Crippen LogP contribution in [0.4, 0.5) is 0 Å². The molecule has 1 aliphatic rings. The maximum Gasteiger partial charge on any atom is 0.308 e. The molecule has 0 heterocycles. The number of carbonyl (C=O) groups excluding carboxylic acids is 1. The van der Waals surface area contributed by atoms with Crippen molar-refractivity contribution < 1.29 is 14.3 Å². The highest BCUT2D eigenvalue weighted by molar-refractivity contribution is 5.72. The highest BCUT2D eigenvalue weighted by Crippen LogP contribution is 2.26. The van der Waals surface area contributed by atoms with Gasteiger partial charge in [-0.2, -0.15) is 0 Å². The smallest absolute Gasteiger partial charge is 0.308 e. The predicted molar refractivity (Wildman–Crippen MR) is 80.6 cm³/mol. The number of hydrogen-bond donors (Lipinski definition) is 1. The lowest BCUT2D eigenvalue weighted by atomic mass is 9.85. The summed E-state index contributed by atoms with van der Waals surface area (Å²) >= 11 is 0. The van der Waals surface area contributed by atoms with Gasteiger partial charge in [0.1, 0.15) is 0 Å². The van der Waals surface area contributed by atoms with Gasteiger partial charge in [-0.3, -0.25) is 4.79 Å². The summed E-state index contributed by atoms with van der Waals surface area (Å²) in [6.07, 6.45) is 4.11. The first-order valence-corrected chi connectivity index (χ1v) is 8.08. The molecule has 0 saturated heterocycles. The van der Waals surface area contributed by atoms with Gasteiger partial charge in [-0.15, -0.1) is 0 Å². The molecule has 1 fully saturated rings. The number of carbonyl (C=O) groups is 1. The number of nitrogens with one attached hydrogen (secondary N) is 1. The highest BCUT2D eigenvalue weighted by atomic mass is 16.5. The molecule has 0 aromatic rings. The minimum absolute atomic E-state index is 0.0232. The van der Waals surface area contributed by atoms with Gasteiger partial charge in [-0.25, -0.2) is 0 Å². The molecule has 1 aliphatic carbocycles. The zero-order valence-electron chi connectivity index (χ0n) is 13.5. The summed E-state index contributed by atoms with van der Waals surface area (Å²) in [7, 11) is 0. The Morgan fingerprint density at radius 3 is 2.60 bits per heavy atom. The Bertz CT molecular complexity index is 281. The zero-order valence-corrected chi connectivity index (χ0v) is 13.5. The van der Waals surface area contributed by atoms with E-state index < -0.39 is 0 Å². The predicted octanol–water partition coefficient (Wildman–Crippen LogP) is 2.76. The van der Waals surface area contributed by atoms with Gasteiger partial charge in [0, 0.05) is 18.7 Å². The second-order valence-electron chi connectivity index (χ2n) is 5.99. The molecule has 0 aliphatic heterocycles. The van der Waals surface area contributed by atoms with Crippen molar-refractivity contribution in [3.63, 3.8) is 0 Å². The maximum absolute atomic E-state index is 11.9. The van der Waals surface area contributed by atoms with Gasteiger partial charge in [0.2, 0.25) is 0 Å². The van der Waals surface area contributed by atoms with Gasteiger partial charge in [0.05, 0.1) is 19.1 Å². The Kier molecular flexibility index (Phi) is 8.15. The molecule has 0 bridgehead atoms. The second kappa shape index (κ2) is 9.35. The molecule has 0 aromatic heterocycles. The molecular weight excluding hydrogens is 254 g/mol. The molecule has 118 valence electrons. The lowest BCUT2D eigenvalue weighted by Gasteiger charge is -2.33. The molecule has 3 atom stereocenters. The Morgan fingerprint density at radius 2 is 2.00 bits per heavy atom. The van der Waals surface area contributed by atoms with Crippen LogP contribution in [0.15, 0.2) is 0 Å². The molecule has 4 heteroatoms. The molecular formula is C16H31NO3. The lowest BCUT2D eigenvalue weighted by molar-refractivity contribution is -0.149. The van der Waals surface area contributed by atoms with E-state index in [4.69, 9.17) is 9.47 Å². The van der Waals surface area contributed by atoms with E-state index in [0.717, 1.165) is 38.9 Å². The van der Waals surface area contributed by atoms with Gasteiger partial charge in [-0.05, 0) is 39.0 Å². The van der Waals surface area contributed by atoms with Crippen molar-refractivity contribution in [1.82, 2.24) is 5.32 Å². The van der Waals surface area contributed by atoms with Gasteiger partial charge in [-0.1, -0.05) is 20.3 Å². The van der Waals surface area contributed by atoms with Gasteiger partial charge in [0.15, 0.2) is 0 Å². The van der Waals surface area contributed by atoms with Gasteiger partial charge in [0.25, 0.3) is 0 Å². The van der Waals surface area contributed by atoms with Crippen LogP contribution in [0.5, 0.6) is 0 Å². The van der Waals surface area contributed by atoms with Crippen molar-refractivity contribution in [1.29, 1.82) is 0 Å². The number of ether oxygens (including phenoxy) is 2. The fourth-order valence-corrected chi connectivity index (χ4v) is 2.80. The van der Waals surface area contributed by atoms with Crippen LogP contribution in [-0.2, 0) is 14.3 Å². The van der Waals surface area contributed by atoms with Crippen LogP contribution >= 0.6 is 0 Å². The summed E-state index contributed by atoms with van der Waals surface area (Å²) in [6.45, 7) is 10.3. The van der Waals surface area contributed by atoms with Crippen molar-refractivity contribution in [3.05, 3.63) is 0 Å². The van der Waals surface area contributed by atoms with E-state index >= 15 is 0 Å². The normalized spacial score (nSPS) is 24.6. The Balaban J connectivity index is 2.46. The van der Waals surface area contributed by atoms with Gasteiger partial charge < -0.3 is 14.8 Å². The first kappa shape index (κ1) is 17.4. The molecule has 1 saturated carbocycles. The van der Waals surface area contributed by atoms with E-state index in [1.165, 1.54) is 0 Å². The van der Waals surface area contributed by atoms with E-state index in [2.05, 4.69) is 19.2 Å². The standard InChI is InChI=1S/C16H31NO3/c1-5-19-11-15(12(3)4)17-14-9-7-8-13(10-14)16(18)20-6-2/h12-15,17H,5-11H2,1-4H3. The van der Waals surface area contributed by atoms with Crippen LogP contribution in [0.1, 0.15) is 53.4 Å². The summed E-state index contributed by atoms with van der Waals surface area (Å²) < 4.78 is 10.7. The molecule has 0 amide bonds. The number of hydrogen-bond acceptors (Lipinski definition) is 4. The summed E-state index contributed by atoms with van der Waals surface area (Å²) in [5.41, 5.74) is 0. The third-order valence-corrected chi connectivity index (χ3v) is 4.05. The average molecular weight is 285 g/mol. The van der Waals surface area contributed by atoms with Crippen molar-refractivity contribution >= 4 is 5.97 Å². The monoisotopic (exact) mass is 285 g/mol. The Hall–Kier alpha value is -0.610. The van der Waals surface area contributed by atoms with Crippen LogP contribution in [0.2, 0.25) is 0 Å². The van der Waals surface area contributed by atoms with E-state index in [-0.39, 0.29) is 11.9 Å². The number of esters is 1. The zero-order chi connectivity index (χ0) is 15.0. The first-order chi connectivity index (χ1) is 9.58. The molecule has 1 rings (SSSR count). The van der Waals surface area contributed by atoms with Gasteiger partial charge >= 0.3 is 5.97 Å². The summed E-state index contributed by atoms with van der Waals surface area (Å²) in [5, 5.41) is 3.68. The van der Waals surface area contributed by atoms with Crippen LogP contribution in [-0.4, -0.2) is 37.9 Å². The first-order valence-electron chi connectivity index (χ1n) is 8.08. The molecule has 3 unspecified atom stereocenters. The number of rotatable bonds is 8. The van der Waals surface area contributed by atoms with Crippen molar-refractivity contribution in [2.45, 2.75) is 65.5 Å². The maximum atomic E-state index is 11.9. The Labute approximate surface area is 123 Å². The van der Waals surface area contributed by atoms with Crippen LogP contribution in [0, 0.1) is 11.8 Å². The molecule has 1 N–H and O–H groups in total. The second-order valence-corrected chi connectivity index (χ2v) is 5.99. The van der Waals surface area contributed by atoms with E-state index in [0.29, 0.717) is 24.6 Å². The van der Waals surface area contributed by atoms with E-state index in [1.54, 1.807) is 0 Å². The third-order valence-electron chi connectivity index (χ3n) is 4.05. The SMILES string of the molecule is CCOCC(NC1CCCC(C(=O)OCC)C1)C(C)C. The average Bonchev–Trinajstić information content (AvgIpc) is 2.43. The topological polar surface area (TPSA) is 47.6 Å². The van der Waals surface area contributed by atoms with E-state index in [9.17, 15) is 4.79 Å². The lowest BCUT2D eigenvalue weighted by Crippen LogP contribution is -2.47. The molecule has 0 radical (unpaired) electrons. The molecule has 20 heavy (non-hydrogen) atoms. The summed E-state index contributed by atoms with van der Waals surface area (Å²) in [5.74, 6) is 0.579. The third kappa shape index (κ3) is 5.80. The Morgan fingerprint density at radius 1 is 1.25 bits per heavy atom.